The van der Waals surface area contributed by atoms with Crippen LogP contribution in [0.15, 0.2) is 35.3 Å². The molecule has 9 heteroatoms. The fourth-order valence-corrected chi connectivity index (χ4v) is 2.16. The molecule has 0 fully saturated rings. The summed E-state index contributed by atoms with van der Waals surface area (Å²) in [6.45, 7) is 2.56. The minimum absolute atomic E-state index is 0.182. The van der Waals surface area contributed by atoms with Gasteiger partial charge in [-0.1, -0.05) is 6.07 Å². The summed E-state index contributed by atoms with van der Waals surface area (Å²) in [4.78, 5) is 11.8. The van der Waals surface area contributed by atoms with Crippen LogP contribution in [-0.2, 0) is 13.7 Å². The lowest BCUT2D eigenvalue weighted by Crippen LogP contribution is -2.18. The van der Waals surface area contributed by atoms with Gasteiger partial charge in [0.2, 0.25) is 5.88 Å². The van der Waals surface area contributed by atoms with Gasteiger partial charge in [0.1, 0.15) is 12.4 Å². The van der Waals surface area contributed by atoms with E-state index in [0.717, 1.165) is 0 Å². The van der Waals surface area contributed by atoms with Gasteiger partial charge in [0.15, 0.2) is 0 Å². The Balaban J connectivity index is 1.97. The van der Waals surface area contributed by atoms with Crippen molar-refractivity contribution in [1.82, 2.24) is 30.0 Å². The van der Waals surface area contributed by atoms with Gasteiger partial charge in [0, 0.05) is 19.3 Å². The zero-order valence-corrected chi connectivity index (χ0v) is 12.8. The smallest absolute Gasteiger partial charge is 0.365 e. The lowest BCUT2D eigenvalue weighted by molar-refractivity contribution is 0.275. The highest BCUT2D eigenvalue weighted by Crippen LogP contribution is 2.26. The highest BCUT2D eigenvalue weighted by molar-refractivity contribution is 5.49. The first kappa shape index (κ1) is 14.8. The molecule has 120 valence electrons. The summed E-state index contributed by atoms with van der Waals surface area (Å²) in [5.74, 6) is 1.10. The summed E-state index contributed by atoms with van der Waals surface area (Å²) in [6.07, 6.45) is 1.78. The number of aryl methyl sites for hydroxylation is 1. The molecule has 0 amide bonds. The highest BCUT2D eigenvalue weighted by Gasteiger charge is 2.15. The van der Waals surface area contributed by atoms with Crippen LogP contribution in [0.4, 0.5) is 0 Å². The average Bonchev–Trinajstić information content (AvgIpc) is 3.14. The van der Waals surface area contributed by atoms with Gasteiger partial charge < -0.3 is 9.47 Å². The van der Waals surface area contributed by atoms with E-state index in [1.165, 1.54) is 4.68 Å². The van der Waals surface area contributed by atoms with Gasteiger partial charge in [-0.3, -0.25) is 4.68 Å². The molecule has 0 saturated heterocycles. The number of nitrogens with one attached hydrogen (secondary N) is 1. The molecule has 1 aromatic carbocycles. The molecule has 3 rings (SSSR count). The Labute approximate surface area is 131 Å². The number of hydrogen-bond donors (Lipinski definition) is 1. The van der Waals surface area contributed by atoms with Crippen LogP contribution in [0.5, 0.6) is 11.6 Å². The summed E-state index contributed by atoms with van der Waals surface area (Å²) >= 11 is 0. The maximum absolute atomic E-state index is 11.8. The first-order valence-electron chi connectivity index (χ1n) is 7.07. The van der Waals surface area contributed by atoms with Crippen LogP contribution in [-0.4, -0.2) is 36.6 Å². The van der Waals surface area contributed by atoms with Crippen LogP contribution in [0.25, 0.3) is 5.69 Å². The number of ether oxygens (including phenoxy) is 2. The number of H-pyrrole nitrogens is 1. The summed E-state index contributed by atoms with van der Waals surface area (Å²) in [5, 5.41) is 13.7. The summed E-state index contributed by atoms with van der Waals surface area (Å²) < 4.78 is 14.1. The zero-order chi connectivity index (χ0) is 16.2. The Morgan fingerprint density at radius 2 is 2.13 bits per heavy atom. The van der Waals surface area contributed by atoms with Gasteiger partial charge in [-0.25, -0.2) is 9.89 Å². The second-order valence-electron chi connectivity index (χ2n) is 4.72. The lowest BCUT2D eigenvalue weighted by atomic mass is 10.1. The van der Waals surface area contributed by atoms with Crippen molar-refractivity contribution in [1.29, 1.82) is 0 Å². The summed E-state index contributed by atoms with van der Waals surface area (Å²) in [6, 6.07) is 7.11. The predicted molar refractivity (Wildman–Crippen MR) is 80.7 cm³/mol. The molecule has 2 heterocycles. The van der Waals surface area contributed by atoms with E-state index in [2.05, 4.69) is 20.6 Å². The molecule has 2 aromatic heterocycles. The number of aromatic amines is 1. The Hall–Kier alpha value is -3.10. The van der Waals surface area contributed by atoms with Crippen LogP contribution >= 0.6 is 0 Å². The number of aromatic nitrogens is 6. The third kappa shape index (κ3) is 3.07. The van der Waals surface area contributed by atoms with E-state index in [1.807, 2.05) is 13.0 Å². The minimum atomic E-state index is -0.433. The number of nitrogens with zero attached hydrogens (tertiary/aromatic N) is 5. The normalized spacial score (nSPS) is 10.7. The SMILES string of the molecule is CCOc1cccc(-n2nn[nH]c2=O)c1COc1ccn(C)n1. The molecule has 0 aliphatic carbocycles. The minimum Gasteiger partial charge on any atom is -0.493 e. The van der Waals surface area contributed by atoms with Crippen LogP contribution in [0.1, 0.15) is 12.5 Å². The molecule has 1 N–H and O–H groups in total. The van der Waals surface area contributed by atoms with E-state index in [-0.39, 0.29) is 6.61 Å². The van der Waals surface area contributed by atoms with E-state index < -0.39 is 5.69 Å². The molecule has 0 radical (unpaired) electrons. The number of benzene rings is 1. The molecule has 3 aromatic rings. The third-order valence-corrected chi connectivity index (χ3v) is 3.16. The topological polar surface area (TPSA) is 99.9 Å². The zero-order valence-electron chi connectivity index (χ0n) is 12.8. The van der Waals surface area contributed by atoms with Crippen LogP contribution in [0, 0.1) is 0 Å². The predicted octanol–water partition coefficient (Wildman–Crippen LogP) is 0.667. The Morgan fingerprint density at radius 3 is 2.78 bits per heavy atom. The third-order valence-electron chi connectivity index (χ3n) is 3.16. The van der Waals surface area contributed by atoms with Gasteiger partial charge in [0.25, 0.3) is 0 Å². The molecule has 0 saturated carbocycles. The van der Waals surface area contributed by atoms with E-state index in [0.29, 0.717) is 29.5 Å². The molecular formula is C14H16N6O3. The number of rotatable bonds is 6. The number of tetrazole rings is 1. The summed E-state index contributed by atoms with van der Waals surface area (Å²) in [7, 11) is 1.81. The van der Waals surface area contributed by atoms with Crippen molar-refractivity contribution in [3.8, 4) is 17.3 Å². The largest absolute Gasteiger partial charge is 0.493 e. The van der Waals surface area contributed by atoms with Gasteiger partial charge in [0.05, 0.1) is 17.9 Å². The van der Waals surface area contributed by atoms with E-state index >= 15 is 0 Å². The van der Waals surface area contributed by atoms with Gasteiger partial charge in [-0.05, 0) is 29.5 Å². The Kier molecular flexibility index (Phi) is 4.09. The van der Waals surface area contributed by atoms with Crippen molar-refractivity contribution in [2.24, 2.45) is 7.05 Å². The van der Waals surface area contributed by atoms with Crippen molar-refractivity contribution in [2.45, 2.75) is 13.5 Å². The van der Waals surface area contributed by atoms with Crippen LogP contribution in [0.2, 0.25) is 0 Å². The van der Waals surface area contributed by atoms with Crippen LogP contribution in [0.3, 0.4) is 0 Å². The van der Waals surface area contributed by atoms with Gasteiger partial charge in [-0.15, -0.1) is 5.10 Å². The highest BCUT2D eigenvalue weighted by atomic mass is 16.5. The second-order valence-corrected chi connectivity index (χ2v) is 4.72. The molecule has 0 unspecified atom stereocenters. The maximum Gasteiger partial charge on any atom is 0.365 e. The maximum atomic E-state index is 11.8. The Morgan fingerprint density at radius 1 is 1.26 bits per heavy atom. The van der Waals surface area contributed by atoms with Gasteiger partial charge in [-0.2, -0.15) is 4.68 Å². The first-order valence-corrected chi connectivity index (χ1v) is 7.07. The van der Waals surface area contributed by atoms with Crippen molar-refractivity contribution in [2.75, 3.05) is 6.61 Å². The van der Waals surface area contributed by atoms with Crippen molar-refractivity contribution in [3.05, 3.63) is 46.5 Å². The fourth-order valence-electron chi connectivity index (χ4n) is 2.16. The van der Waals surface area contributed by atoms with Crippen molar-refractivity contribution in [3.63, 3.8) is 0 Å². The van der Waals surface area contributed by atoms with Crippen molar-refractivity contribution < 1.29 is 9.47 Å². The monoisotopic (exact) mass is 316 g/mol. The molecule has 9 nitrogen and oxygen atoms in total. The fraction of sp³-hybridized carbons (Fsp3) is 0.286. The average molecular weight is 316 g/mol. The molecule has 0 aliphatic rings. The van der Waals surface area contributed by atoms with Crippen molar-refractivity contribution >= 4 is 0 Å². The first-order chi connectivity index (χ1) is 11.2. The molecular weight excluding hydrogens is 300 g/mol. The molecule has 23 heavy (non-hydrogen) atoms. The van der Waals surface area contributed by atoms with Gasteiger partial charge >= 0.3 is 5.69 Å². The molecule has 0 spiro atoms. The quantitative estimate of drug-likeness (QED) is 0.717. The standard InChI is InChI=1S/C14H16N6O3/c1-3-22-12-6-4-5-11(20-14(21)15-17-18-20)10(12)9-23-13-7-8-19(2)16-13/h4-8H,3,9H2,1-2H3,(H,15,18,21). The molecule has 0 bridgehead atoms. The molecule has 0 aliphatic heterocycles. The van der Waals surface area contributed by atoms with E-state index in [9.17, 15) is 4.79 Å². The summed E-state index contributed by atoms with van der Waals surface area (Å²) in [5.41, 5.74) is 0.805. The van der Waals surface area contributed by atoms with E-state index in [1.54, 1.807) is 36.1 Å². The molecule has 0 atom stereocenters. The number of hydrogen-bond acceptors (Lipinski definition) is 6. The van der Waals surface area contributed by atoms with Crippen LogP contribution < -0.4 is 15.2 Å². The second kappa shape index (κ2) is 6.34. The lowest BCUT2D eigenvalue weighted by Gasteiger charge is -2.14. The van der Waals surface area contributed by atoms with E-state index in [4.69, 9.17) is 9.47 Å². The Bertz CT molecular complexity index is 850.